The van der Waals surface area contributed by atoms with Crippen LogP contribution in [0.4, 0.5) is 4.39 Å². The van der Waals surface area contributed by atoms with Crippen molar-refractivity contribution in [2.45, 2.75) is 13.8 Å². The SMILES string of the molecule is CCNC(=S)NN=Cc1c(C)c(C(=O)c2ccc(F)cc2)n2ccccc12. The predicted octanol–water partition coefficient (Wildman–Crippen LogP) is 3.44. The van der Waals surface area contributed by atoms with Gasteiger partial charge in [0, 0.05) is 23.9 Å². The van der Waals surface area contributed by atoms with E-state index in [-0.39, 0.29) is 11.6 Å². The number of carbonyl (C=O) groups is 1. The van der Waals surface area contributed by atoms with Gasteiger partial charge in [-0.3, -0.25) is 10.2 Å². The number of hydrogen-bond acceptors (Lipinski definition) is 3. The Hall–Kier alpha value is -3.06. The highest BCUT2D eigenvalue weighted by atomic mass is 32.1. The molecule has 0 radical (unpaired) electrons. The molecule has 0 fully saturated rings. The van der Waals surface area contributed by atoms with Crippen molar-refractivity contribution >= 4 is 34.8 Å². The first kappa shape index (κ1) is 18.7. The summed E-state index contributed by atoms with van der Waals surface area (Å²) >= 11 is 5.09. The van der Waals surface area contributed by atoms with E-state index in [1.807, 2.05) is 42.6 Å². The zero-order chi connectivity index (χ0) is 19.4. The van der Waals surface area contributed by atoms with Gasteiger partial charge in [0.05, 0.1) is 17.4 Å². The van der Waals surface area contributed by atoms with Crippen LogP contribution in [0.15, 0.2) is 53.8 Å². The lowest BCUT2D eigenvalue weighted by Gasteiger charge is -2.04. The fourth-order valence-electron chi connectivity index (χ4n) is 2.89. The van der Waals surface area contributed by atoms with Crippen molar-refractivity contribution in [1.82, 2.24) is 15.1 Å². The molecule has 3 aromatic rings. The summed E-state index contributed by atoms with van der Waals surface area (Å²) in [6.07, 6.45) is 3.48. The van der Waals surface area contributed by atoms with Crippen molar-refractivity contribution in [3.63, 3.8) is 0 Å². The number of thiocarbonyl (C=S) groups is 1. The van der Waals surface area contributed by atoms with E-state index >= 15 is 0 Å². The molecule has 1 aromatic carbocycles. The van der Waals surface area contributed by atoms with E-state index < -0.39 is 0 Å². The van der Waals surface area contributed by atoms with Crippen molar-refractivity contribution in [3.8, 4) is 0 Å². The van der Waals surface area contributed by atoms with Crippen molar-refractivity contribution in [3.05, 3.63) is 76.9 Å². The number of ketones is 1. The monoisotopic (exact) mass is 382 g/mol. The fourth-order valence-corrected chi connectivity index (χ4v) is 3.09. The maximum absolute atomic E-state index is 13.2. The van der Waals surface area contributed by atoms with Crippen LogP contribution in [0.5, 0.6) is 0 Å². The fraction of sp³-hybridized carbons (Fsp3) is 0.150. The van der Waals surface area contributed by atoms with Crippen LogP contribution in [-0.2, 0) is 0 Å². The summed E-state index contributed by atoms with van der Waals surface area (Å²) in [6.45, 7) is 4.51. The van der Waals surface area contributed by atoms with Crippen LogP contribution >= 0.6 is 12.2 Å². The van der Waals surface area contributed by atoms with E-state index in [1.54, 1.807) is 6.21 Å². The molecule has 3 rings (SSSR count). The van der Waals surface area contributed by atoms with Crippen LogP contribution in [0.25, 0.3) is 5.52 Å². The minimum Gasteiger partial charge on any atom is -0.362 e. The Kier molecular flexibility index (Phi) is 5.61. The zero-order valence-corrected chi connectivity index (χ0v) is 15.8. The van der Waals surface area contributed by atoms with E-state index in [4.69, 9.17) is 12.2 Å². The number of rotatable bonds is 5. The van der Waals surface area contributed by atoms with Gasteiger partial charge in [-0.1, -0.05) is 6.07 Å². The maximum Gasteiger partial charge on any atom is 0.210 e. The van der Waals surface area contributed by atoms with E-state index in [0.29, 0.717) is 22.9 Å². The van der Waals surface area contributed by atoms with E-state index in [2.05, 4.69) is 15.8 Å². The van der Waals surface area contributed by atoms with Gasteiger partial charge >= 0.3 is 0 Å². The van der Waals surface area contributed by atoms with Crippen LogP contribution in [0.3, 0.4) is 0 Å². The normalized spacial score (nSPS) is 11.1. The quantitative estimate of drug-likeness (QED) is 0.307. The first-order valence-electron chi connectivity index (χ1n) is 8.49. The van der Waals surface area contributed by atoms with Crippen molar-refractivity contribution in [2.24, 2.45) is 5.10 Å². The number of aromatic nitrogens is 1. The molecule has 2 aromatic heterocycles. The number of halogens is 1. The summed E-state index contributed by atoms with van der Waals surface area (Å²) in [5, 5.41) is 7.55. The second kappa shape index (κ2) is 8.09. The largest absolute Gasteiger partial charge is 0.362 e. The van der Waals surface area contributed by atoms with Gasteiger partial charge in [-0.25, -0.2) is 4.39 Å². The third kappa shape index (κ3) is 3.88. The second-order valence-corrected chi connectivity index (χ2v) is 6.32. The zero-order valence-electron chi connectivity index (χ0n) is 15.0. The highest BCUT2D eigenvalue weighted by Crippen LogP contribution is 2.24. The minimum absolute atomic E-state index is 0.176. The molecule has 2 heterocycles. The molecule has 0 bridgehead atoms. The molecule has 0 aliphatic rings. The Labute approximate surface area is 161 Å². The Morgan fingerprint density at radius 2 is 2.00 bits per heavy atom. The van der Waals surface area contributed by atoms with Crippen LogP contribution in [0, 0.1) is 12.7 Å². The molecular weight excluding hydrogens is 363 g/mol. The Balaban J connectivity index is 2.03. The number of nitrogens with zero attached hydrogens (tertiary/aromatic N) is 2. The Morgan fingerprint density at radius 1 is 1.26 bits per heavy atom. The average molecular weight is 382 g/mol. The van der Waals surface area contributed by atoms with Gasteiger partial charge in [-0.15, -0.1) is 0 Å². The van der Waals surface area contributed by atoms with Crippen molar-refractivity contribution < 1.29 is 9.18 Å². The molecule has 0 saturated heterocycles. The topological polar surface area (TPSA) is 57.9 Å². The van der Waals surface area contributed by atoms with Crippen LogP contribution in [0.2, 0.25) is 0 Å². The molecule has 27 heavy (non-hydrogen) atoms. The van der Waals surface area contributed by atoms with E-state index in [0.717, 1.165) is 16.6 Å². The highest BCUT2D eigenvalue weighted by Gasteiger charge is 2.20. The third-order valence-corrected chi connectivity index (χ3v) is 4.39. The van der Waals surface area contributed by atoms with Gasteiger partial charge in [0.2, 0.25) is 5.78 Å². The molecule has 0 amide bonds. The number of hydrazone groups is 1. The highest BCUT2D eigenvalue weighted by molar-refractivity contribution is 7.80. The maximum atomic E-state index is 13.2. The molecule has 138 valence electrons. The number of carbonyl (C=O) groups excluding carboxylic acids is 1. The minimum atomic E-state index is -0.376. The second-order valence-electron chi connectivity index (χ2n) is 5.91. The molecule has 0 atom stereocenters. The number of pyridine rings is 1. The number of hydrogen-bond donors (Lipinski definition) is 2. The number of benzene rings is 1. The molecule has 0 unspecified atom stereocenters. The molecule has 0 aliphatic carbocycles. The van der Waals surface area contributed by atoms with E-state index in [1.165, 1.54) is 24.3 Å². The Morgan fingerprint density at radius 3 is 2.70 bits per heavy atom. The first-order chi connectivity index (χ1) is 13.0. The van der Waals surface area contributed by atoms with Gasteiger partial charge in [-0.05, 0) is 68.0 Å². The molecular formula is C20H19FN4OS. The summed E-state index contributed by atoms with van der Waals surface area (Å²) in [4.78, 5) is 13.0. The van der Waals surface area contributed by atoms with Gasteiger partial charge in [0.1, 0.15) is 5.82 Å². The van der Waals surface area contributed by atoms with Gasteiger partial charge in [0.15, 0.2) is 5.11 Å². The molecule has 7 heteroatoms. The Bertz CT molecular complexity index is 1020. The lowest BCUT2D eigenvalue weighted by molar-refractivity contribution is 0.103. The van der Waals surface area contributed by atoms with E-state index in [9.17, 15) is 9.18 Å². The molecule has 5 nitrogen and oxygen atoms in total. The third-order valence-electron chi connectivity index (χ3n) is 4.15. The first-order valence-corrected chi connectivity index (χ1v) is 8.90. The van der Waals surface area contributed by atoms with Crippen LogP contribution < -0.4 is 10.7 Å². The van der Waals surface area contributed by atoms with Crippen molar-refractivity contribution in [2.75, 3.05) is 6.54 Å². The van der Waals surface area contributed by atoms with Crippen LogP contribution in [-0.4, -0.2) is 28.1 Å². The van der Waals surface area contributed by atoms with Crippen molar-refractivity contribution in [1.29, 1.82) is 0 Å². The molecule has 0 saturated carbocycles. The molecule has 2 N–H and O–H groups in total. The summed E-state index contributed by atoms with van der Waals surface area (Å²) in [7, 11) is 0. The van der Waals surface area contributed by atoms with Gasteiger partial charge in [0.25, 0.3) is 0 Å². The van der Waals surface area contributed by atoms with Gasteiger partial charge in [-0.2, -0.15) is 5.10 Å². The summed E-state index contributed by atoms with van der Waals surface area (Å²) in [6, 6.07) is 11.2. The lowest BCUT2D eigenvalue weighted by atomic mass is 10.0. The molecule has 0 aliphatic heterocycles. The summed E-state index contributed by atoms with van der Waals surface area (Å²) < 4.78 is 15.0. The number of fused-ring (bicyclic) bond motifs is 1. The number of nitrogens with one attached hydrogen (secondary N) is 2. The van der Waals surface area contributed by atoms with Crippen LogP contribution in [0.1, 0.15) is 34.1 Å². The summed E-state index contributed by atoms with van der Waals surface area (Å²) in [5.74, 6) is -0.552. The average Bonchev–Trinajstić information content (AvgIpc) is 2.94. The predicted molar refractivity (Wildman–Crippen MR) is 109 cm³/mol. The summed E-state index contributed by atoms with van der Waals surface area (Å²) in [5.41, 5.74) is 6.15. The smallest absolute Gasteiger partial charge is 0.210 e. The van der Waals surface area contributed by atoms with Gasteiger partial charge < -0.3 is 9.72 Å². The standard InChI is InChI=1S/C20H19FN4OS/c1-3-22-20(27)24-23-12-16-13(2)18(25-11-5-4-6-17(16)25)19(26)14-7-9-15(21)10-8-14/h4-12H,3H2,1-2H3,(H2,22,24,27). The lowest BCUT2D eigenvalue weighted by Crippen LogP contribution is -2.31. The molecule has 0 spiro atoms.